The largest absolute Gasteiger partial charge is 0.475 e. The lowest BCUT2D eigenvalue weighted by atomic mass is 10.1. The van der Waals surface area contributed by atoms with Crippen molar-refractivity contribution in [2.45, 2.75) is 6.10 Å². The predicted octanol–water partition coefficient (Wildman–Crippen LogP) is 2.14. The number of hydrogen-bond donors (Lipinski definition) is 0. The van der Waals surface area contributed by atoms with Crippen LogP contribution in [-0.2, 0) is 9.53 Å². The SMILES string of the molecule is COC(=O)[C@H]1CN(C(=O)c2ccc(C#N)cc2)c2ccccc2O1. The Kier molecular flexibility index (Phi) is 4.17. The van der Waals surface area contributed by atoms with Gasteiger partial charge in [-0.05, 0) is 36.4 Å². The first kappa shape index (κ1) is 15.6. The van der Waals surface area contributed by atoms with Crippen molar-refractivity contribution in [3.8, 4) is 11.8 Å². The van der Waals surface area contributed by atoms with E-state index in [9.17, 15) is 9.59 Å². The third-order valence-electron chi connectivity index (χ3n) is 3.74. The molecular formula is C18H14N2O4. The number of fused-ring (bicyclic) bond motifs is 1. The van der Waals surface area contributed by atoms with Crippen LogP contribution in [0.15, 0.2) is 48.5 Å². The van der Waals surface area contributed by atoms with Crippen molar-refractivity contribution in [3.05, 3.63) is 59.7 Å². The first-order chi connectivity index (χ1) is 11.6. The van der Waals surface area contributed by atoms with Gasteiger partial charge in [0.15, 0.2) is 0 Å². The molecule has 0 saturated heterocycles. The number of nitrogens with zero attached hydrogens (tertiary/aromatic N) is 2. The van der Waals surface area contributed by atoms with E-state index in [1.165, 1.54) is 12.0 Å². The molecule has 0 spiro atoms. The van der Waals surface area contributed by atoms with Gasteiger partial charge in [0.2, 0.25) is 6.10 Å². The Hall–Kier alpha value is -3.33. The van der Waals surface area contributed by atoms with Gasteiger partial charge in [-0.1, -0.05) is 12.1 Å². The standard InChI is InChI=1S/C18H14N2O4/c1-23-18(22)16-11-20(14-4-2-3-5-15(14)24-16)17(21)13-8-6-12(10-19)7-9-13/h2-9,16H,11H2,1H3/t16-/m1/s1. The van der Waals surface area contributed by atoms with E-state index in [4.69, 9.17) is 14.7 Å². The smallest absolute Gasteiger partial charge is 0.348 e. The highest BCUT2D eigenvalue weighted by atomic mass is 16.6. The van der Waals surface area contributed by atoms with E-state index in [1.54, 1.807) is 48.5 Å². The van der Waals surface area contributed by atoms with Gasteiger partial charge in [0.25, 0.3) is 5.91 Å². The third kappa shape index (κ3) is 2.79. The molecule has 1 atom stereocenters. The number of nitriles is 1. The predicted molar refractivity (Wildman–Crippen MR) is 85.7 cm³/mol. The molecule has 1 amide bonds. The second-order valence-corrected chi connectivity index (χ2v) is 5.20. The Morgan fingerprint density at radius 2 is 1.92 bits per heavy atom. The van der Waals surface area contributed by atoms with Crippen molar-refractivity contribution in [3.63, 3.8) is 0 Å². The topological polar surface area (TPSA) is 79.6 Å². The molecule has 0 N–H and O–H groups in total. The van der Waals surface area contributed by atoms with Gasteiger partial charge in [0, 0.05) is 5.56 Å². The molecule has 6 heteroatoms. The van der Waals surface area contributed by atoms with E-state index in [0.29, 0.717) is 22.6 Å². The molecule has 3 rings (SSSR count). The molecule has 1 aliphatic rings. The highest BCUT2D eigenvalue weighted by molar-refractivity contribution is 6.07. The van der Waals surface area contributed by atoms with Gasteiger partial charge in [-0.25, -0.2) is 4.79 Å². The lowest BCUT2D eigenvalue weighted by molar-refractivity contribution is -0.148. The molecule has 0 radical (unpaired) electrons. The minimum atomic E-state index is -0.882. The van der Waals surface area contributed by atoms with E-state index in [2.05, 4.69) is 0 Å². The van der Waals surface area contributed by atoms with Gasteiger partial charge in [0.05, 0.1) is 31.0 Å². The second kappa shape index (κ2) is 6.42. The summed E-state index contributed by atoms with van der Waals surface area (Å²) in [6.07, 6.45) is -0.882. The molecular weight excluding hydrogens is 308 g/mol. The van der Waals surface area contributed by atoms with Crippen molar-refractivity contribution in [1.82, 2.24) is 0 Å². The van der Waals surface area contributed by atoms with Crippen LogP contribution in [0.5, 0.6) is 5.75 Å². The summed E-state index contributed by atoms with van der Waals surface area (Å²) in [7, 11) is 1.28. The Morgan fingerprint density at radius 3 is 2.58 bits per heavy atom. The maximum absolute atomic E-state index is 12.9. The summed E-state index contributed by atoms with van der Waals surface area (Å²) in [6.45, 7) is 0.0581. The zero-order chi connectivity index (χ0) is 17.1. The average Bonchev–Trinajstić information content (AvgIpc) is 2.66. The molecule has 120 valence electrons. The van der Waals surface area contributed by atoms with Crippen LogP contribution < -0.4 is 9.64 Å². The van der Waals surface area contributed by atoms with Crippen LogP contribution in [0.4, 0.5) is 5.69 Å². The van der Waals surface area contributed by atoms with Gasteiger partial charge in [0.1, 0.15) is 5.75 Å². The van der Waals surface area contributed by atoms with Crippen molar-refractivity contribution in [2.75, 3.05) is 18.6 Å². The minimum absolute atomic E-state index is 0.0581. The first-order valence-electron chi connectivity index (χ1n) is 7.29. The molecule has 2 aromatic carbocycles. The zero-order valence-electron chi connectivity index (χ0n) is 12.9. The third-order valence-corrected chi connectivity index (χ3v) is 3.74. The van der Waals surface area contributed by atoms with Crippen LogP contribution in [0.3, 0.4) is 0 Å². The molecule has 0 bridgehead atoms. The number of para-hydroxylation sites is 2. The monoisotopic (exact) mass is 322 g/mol. The van der Waals surface area contributed by atoms with Gasteiger partial charge < -0.3 is 14.4 Å². The summed E-state index contributed by atoms with van der Waals surface area (Å²) < 4.78 is 10.4. The minimum Gasteiger partial charge on any atom is -0.475 e. The Morgan fingerprint density at radius 1 is 1.21 bits per heavy atom. The molecule has 6 nitrogen and oxygen atoms in total. The molecule has 0 saturated carbocycles. The summed E-state index contributed by atoms with van der Waals surface area (Å²) in [4.78, 5) is 26.2. The summed E-state index contributed by atoms with van der Waals surface area (Å²) in [5.41, 5.74) is 1.49. The quantitative estimate of drug-likeness (QED) is 0.791. The number of carbonyl (C=O) groups is 2. The summed E-state index contributed by atoms with van der Waals surface area (Å²) in [6, 6.07) is 15.4. The molecule has 2 aromatic rings. The Bertz CT molecular complexity index is 824. The lowest BCUT2D eigenvalue weighted by Crippen LogP contribution is -2.47. The van der Waals surface area contributed by atoms with Gasteiger partial charge >= 0.3 is 5.97 Å². The molecule has 1 aliphatic heterocycles. The number of benzene rings is 2. The highest BCUT2D eigenvalue weighted by Gasteiger charge is 2.34. The van der Waals surface area contributed by atoms with Crippen LogP contribution in [0.1, 0.15) is 15.9 Å². The average molecular weight is 322 g/mol. The Balaban J connectivity index is 1.96. The van der Waals surface area contributed by atoms with Gasteiger partial charge in [-0.3, -0.25) is 4.79 Å². The van der Waals surface area contributed by atoms with Crippen LogP contribution >= 0.6 is 0 Å². The molecule has 1 heterocycles. The number of methoxy groups -OCH3 is 1. The molecule has 0 aromatic heterocycles. The number of hydrogen-bond acceptors (Lipinski definition) is 5. The lowest BCUT2D eigenvalue weighted by Gasteiger charge is -2.33. The van der Waals surface area contributed by atoms with E-state index >= 15 is 0 Å². The van der Waals surface area contributed by atoms with Crippen LogP contribution in [0.25, 0.3) is 0 Å². The van der Waals surface area contributed by atoms with Crippen molar-refractivity contribution in [1.29, 1.82) is 5.26 Å². The summed E-state index contributed by atoms with van der Waals surface area (Å²) in [5, 5.41) is 8.86. The molecule has 0 unspecified atom stereocenters. The van der Waals surface area contributed by atoms with Crippen LogP contribution in [0, 0.1) is 11.3 Å². The van der Waals surface area contributed by atoms with Crippen LogP contribution in [0.2, 0.25) is 0 Å². The fraction of sp³-hybridized carbons (Fsp3) is 0.167. The maximum Gasteiger partial charge on any atom is 0.348 e. The first-order valence-corrected chi connectivity index (χ1v) is 7.29. The normalized spacial score (nSPS) is 15.7. The zero-order valence-corrected chi connectivity index (χ0v) is 12.9. The van der Waals surface area contributed by atoms with E-state index in [0.717, 1.165) is 0 Å². The van der Waals surface area contributed by atoms with E-state index < -0.39 is 12.1 Å². The second-order valence-electron chi connectivity index (χ2n) is 5.20. The molecule has 24 heavy (non-hydrogen) atoms. The molecule has 0 aliphatic carbocycles. The van der Waals surface area contributed by atoms with Crippen molar-refractivity contribution >= 4 is 17.6 Å². The van der Waals surface area contributed by atoms with Gasteiger partial charge in [-0.15, -0.1) is 0 Å². The maximum atomic E-state index is 12.9. The number of anilines is 1. The van der Waals surface area contributed by atoms with Crippen molar-refractivity contribution < 1.29 is 19.1 Å². The van der Waals surface area contributed by atoms with E-state index in [-0.39, 0.29) is 12.5 Å². The number of carbonyl (C=O) groups excluding carboxylic acids is 2. The van der Waals surface area contributed by atoms with Crippen molar-refractivity contribution in [2.24, 2.45) is 0 Å². The van der Waals surface area contributed by atoms with Gasteiger partial charge in [-0.2, -0.15) is 5.26 Å². The summed E-state index contributed by atoms with van der Waals surface area (Å²) >= 11 is 0. The number of ether oxygens (including phenoxy) is 2. The number of amides is 1. The van der Waals surface area contributed by atoms with Crippen LogP contribution in [-0.4, -0.2) is 31.6 Å². The number of esters is 1. The Labute approximate surface area is 138 Å². The summed E-state index contributed by atoms with van der Waals surface area (Å²) in [5.74, 6) is -0.368. The fourth-order valence-electron chi connectivity index (χ4n) is 2.52. The molecule has 0 fully saturated rings. The fourth-order valence-corrected chi connectivity index (χ4v) is 2.52. The number of rotatable bonds is 2. The highest BCUT2D eigenvalue weighted by Crippen LogP contribution is 2.34. The van der Waals surface area contributed by atoms with E-state index in [1.807, 2.05) is 6.07 Å².